The van der Waals surface area contributed by atoms with E-state index in [1.54, 1.807) is 0 Å². The van der Waals surface area contributed by atoms with Crippen molar-refractivity contribution in [3.05, 3.63) is 0 Å². The SMILES string of the molecule is CC(I)NCC1(CCl)CN(C(C)C)C1. The second-order valence-corrected chi connectivity index (χ2v) is 6.76. The van der Waals surface area contributed by atoms with Crippen LogP contribution in [0.2, 0.25) is 0 Å². The van der Waals surface area contributed by atoms with E-state index in [0.29, 0.717) is 15.5 Å². The molecule has 1 saturated heterocycles. The van der Waals surface area contributed by atoms with Gasteiger partial charge < -0.3 is 5.32 Å². The van der Waals surface area contributed by atoms with Crippen LogP contribution in [-0.4, -0.2) is 40.5 Å². The minimum Gasteiger partial charge on any atom is -0.305 e. The smallest absolute Gasteiger partial charge is 0.0565 e. The van der Waals surface area contributed by atoms with E-state index in [2.05, 4.69) is 53.6 Å². The van der Waals surface area contributed by atoms with E-state index in [0.717, 1.165) is 25.5 Å². The molecule has 0 amide bonds. The van der Waals surface area contributed by atoms with Gasteiger partial charge in [-0.2, -0.15) is 0 Å². The first-order valence-corrected chi connectivity index (χ1v) is 6.94. The molecule has 1 heterocycles. The summed E-state index contributed by atoms with van der Waals surface area (Å²) in [6, 6.07) is 0.656. The van der Waals surface area contributed by atoms with Crippen molar-refractivity contribution in [3.8, 4) is 0 Å². The Kier molecular flexibility index (Phi) is 4.95. The van der Waals surface area contributed by atoms with Crippen LogP contribution >= 0.6 is 34.2 Å². The molecule has 1 N–H and O–H groups in total. The third-order valence-corrected chi connectivity index (χ3v) is 3.86. The summed E-state index contributed by atoms with van der Waals surface area (Å²) >= 11 is 8.43. The van der Waals surface area contributed by atoms with E-state index in [4.69, 9.17) is 11.6 Å². The summed E-state index contributed by atoms with van der Waals surface area (Å²) in [5.41, 5.74) is 0.325. The van der Waals surface area contributed by atoms with E-state index >= 15 is 0 Å². The monoisotopic (exact) mass is 330 g/mol. The molecule has 0 aromatic carbocycles. The minimum absolute atomic E-state index is 0.325. The van der Waals surface area contributed by atoms with Crippen LogP contribution in [0.15, 0.2) is 0 Å². The summed E-state index contributed by atoms with van der Waals surface area (Å²) < 4.78 is 0.529. The zero-order chi connectivity index (χ0) is 10.8. The zero-order valence-electron chi connectivity index (χ0n) is 9.19. The lowest BCUT2D eigenvalue weighted by atomic mass is 9.80. The molecule has 1 aliphatic rings. The topological polar surface area (TPSA) is 15.3 Å². The lowest BCUT2D eigenvalue weighted by molar-refractivity contribution is -0.00446. The maximum Gasteiger partial charge on any atom is 0.0565 e. The highest BCUT2D eigenvalue weighted by molar-refractivity contribution is 14.1. The number of nitrogens with zero attached hydrogens (tertiary/aromatic N) is 1. The summed E-state index contributed by atoms with van der Waals surface area (Å²) in [6.45, 7) is 9.99. The van der Waals surface area contributed by atoms with Crippen LogP contribution in [-0.2, 0) is 0 Å². The van der Waals surface area contributed by atoms with Crippen molar-refractivity contribution in [2.75, 3.05) is 25.5 Å². The molecule has 0 radical (unpaired) electrons. The summed E-state index contributed by atoms with van der Waals surface area (Å²) in [6.07, 6.45) is 0. The van der Waals surface area contributed by atoms with Gasteiger partial charge in [-0.25, -0.2) is 0 Å². The van der Waals surface area contributed by atoms with Crippen LogP contribution in [0.4, 0.5) is 0 Å². The summed E-state index contributed by atoms with van der Waals surface area (Å²) in [5.74, 6) is 0.770. The number of rotatable bonds is 5. The Bertz CT molecular complexity index is 173. The highest BCUT2D eigenvalue weighted by Gasteiger charge is 2.42. The molecule has 0 saturated carbocycles. The first kappa shape index (κ1) is 13.0. The van der Waals surface area contributed by atoms with Gasteiger partial charge >= 0.3 is 0 Å². The molecule has 1 fully saturated rings. The van der Waals surface area contributed by atoms with Gasteiger partial charge in [-0.1, -0.05) is 22.6 Å². The van der Waals surface area contributed by atoms with E-state index in [-0.39, 0.29) is 0 Å². The quantitative estimate of drug-likeness (QED) is 0.473. The lowest BCUT2D eigenvalue weighted by Gasteiger charge is -2.51. The Balaban J connectivity index is 2.33. The molecule has 0 aromatic rings. The highest BCUT2D eigenvalue weighted by Crippen LogP contribution is 2.32. The van der Waals surface area contributed by atoms with Gasteiger partial charge in [-0.3, -0.25) is 4.90 Å². The standard InChI is InChI=1S/C10H20ClIN2/c1-8(2)14-6-10(4-11,7-14)5-13-9(3)12/h8-9,13H,4-7H2,1-3H3. The molecule has 1 unspecified atom stereocenters. The number of halogens is 2. The third-order valence-electron chi connectivity index (χ3n) is 2.85. The van der Waals surface area contributed by atoms with Gasteiger partial charge in [0.15, 0.2) is 0 Å². The van der Waals surface area contributed by atoms with Crippen LogP contribution in [0.5, 0.6) is 0 Å². The molecule has 0 aliphatic carbocycles. The molecular weight excluding hydrogens is 310 g/mol. The van der Waals surface area contributed by atoms with Gasteiger partial charge in [-0.15, -0.1) is 11.6 Å². The molecule has 1 aliphatic heterocycles. The fourth-order valence-corrected chi connectivity index (χ4v) is 2.26. The number of likely N-dealkylation sites (tertiary alicyclic amines) is 1. The third kappa shape index (κ3) is 3.22. The average molecular weight is 331 g/mol. The van der Waals surface area contributed by atoms with Gasteiger partial charge in [0.2, 0.25) is 0 Å². The van der Waals surface area contributed by atoms with Gasteiger partial charge in [0.25, 0.3) is 0 Å². The fourth-order valence-electron chi connectivity index (χ4n) is 1.78. The molecule has 14 heavy (non-hydrogen) atoms. The molecular formula is C10H20ClIN2. The van der Waals surface area contributed by atoms with E-state index < -0.39 is 0 Å². The second-order valence-electron chi connectivity index (χ2n) is 4.63. The van der Waals surface area contributed by atoms with Crippen LogP contribution in [0.3, 0.4) is 0 Å². The fraction of sp³-hybridized carbons (Fsp3) is 1.00. The predicted molar refractivity (Wildman–Crippen MR) is 71.3 cm³/mol. The van der Waals surface area contributed by atoms with Crippen molar-refractivity contribution in [1.29, 1.82) is 0 Å². The molecule has 1 rings (SSSR count). The first-order chi connectivity index (χ1) is 6.49. The van der Waals surface area contributed by atoms with Gasteiger partial charge in [-0.05, 0) is 20.8 Å². The molecule has 1 atom stereocenters. The van der Waals surface area contributed by atoms with E-state index in [9.17, 15) is 0 Å². The largest absolute Gasteiger partial charge is 0.305 e. The van der Waals surface area contributed by atoms with Gasteiger partial charge in [0, 0.05) is 37.0 Å². The van der Waals surface area contributed by atoms with Crippen molar-refractivity contribution in [2.45, 2.75) is 30.9 Å². The zero-order valence-corrected chi connectivity index (χ0v) is 12.1. The number of hydrogen-bond donors (Lipinski definition) is 1. The minimum atomic E-state index is 0.325. The maximum atomic E-state index is 6.04. The van der Waals surface area contributed by atoms with Crippen molar-refractivity contribution in [2.24, 2.45) is 5.41 Å². The number of nitrogens with one attached hydrogen (secondary N) is 1. The van der Waals surface area contributed by atoms with Crippen molar-refractivity contribution < 1.29 is 0 Å². The molecule has 2 nitrogen and oxygen atoms in total. The number of hydrogen-bond acceptors (Lipinski definition) is 2. The predicted octanol–water partition coefficient (Wildman–Crippen LogP) is 2.31. The van der Waals surface area contributed by atoms with Crippen molar-refractivity contribution in [1.82, 2.24) is 10.2 Å². The van der Waals surface area contributed by atoms with Gasteiger partial charge in [0.05, 0.1) is 4.05 Å². The lowest BCUT2D eigenvalue weighted by Crippen LogP contribution is -2.63. The molecule has 0 spiro atoms. The summed E-state index contributed by atoms with van der Waals surface area (Å²) in [7, 11) is 0. The molecule has 0 aromatic heterocycles. The van der Waals surface area contributed by atoms with Crippen LogP contribution in [0.25, 0.3) is 0 Å². The Morgan fingerprint density at radius 3 is 2.36 bits per heavy atom. The summed E-state index contributed by atoms with van der Waals surface area (Å²) in [4.78, 5) is 2.47. The highest BCUT2D eigenvalue weighted by atomic mass is 127. The molecule has 0 bridgehead atoms. The normalized spacial score (nSPS) is 23.6. The van der Waals surface area contributed by atoms with Crippen LogP contribution < -0.4 is 5.32 Å². The Hall–Kier alpha value is 0.940. The molecule has 4 heteroatoms. The van der Waals surface area contributed by atoms with Crippen molar-refractivity contribution in [3.63, 3.8) is 0 Å². The second kappa shape index (κ2) is 5.32. The number of alkyl halides is 2. The van der Waals surface area contributed by atoms with Crippen molar-refractivity contribution >= 4 is 34.2 Å². The Morgan fingerprint density at radius 2 is 2.00 bits per heavy atom. The summed E-state index contributed by atoms with van der Waals surface area (Å²) in [5, 5.41) is 3.47. The van der Waals surface area contributed by atoms with Crippen LogP contribution in [0.1, 0.15) is 20.8 Å². The van der Waals surface area contributed by atoms with Crippen LogP contribution in [0, 0.1) is 5.41 Å². The van der Waals surface area contributed by atoms with Gasteiger partial charge in [0.1, 0.15) is 0 Å². The maximum absolute atomic E-state index is 6.04. The average Bonchev–Trinajstić information content (AvgIpc) is 2.02. The molecule has 84 valence electrons. The van der Waals surface area contributed by atoms with E-state index in [1.807, 2.05) is 0 Å². The first-order valence-electron chi connectivity index (χ1n) is 5.16. The van der Waals surface area contributed by atoms with E-state index in [1.165, 1.54) is 0 Å². The Morgan fingerprint density at radius 1 is 1.43 bits per heavy atom. The Labute approximate surface area is 106 Å².